The van der Waals surface area contributed by atoms with Crippen molar-refractivity contribution >= 4 is 11.8 Å². The van der Waals surface area contributed by atoms with Gasteiger partial charge in [0.15, 0.2) is 0 Å². The second-order valence-corrected chi connectivity index (χ2v) is 7.35. The minimum atomic E-state index is -0.470. The normalized spacial score (nSPS) is 16.5. The topological polar surface area (TPSA) is 50.4 Å². The van der Waals surface area contributed by atoms with E-state index in [9.17, 15) is 4.79 Å². The molecule has 0 aromatic heterocycles. The van der Waals surface area contributed by atoms with E-state index < -0.39 is 5.60 Å². The maximum atomic E-state index is 11.8. The number of carbonyl (C=O) groups is 1. The lowest BCUT2D eigenvalue weighted by molar-refractivity contribution is 0.0523. The summed E-state index contributed by atoms with van der Waals surface area (Å²) in [6.45, 7) is 6.08. The molecule has 0 bridgehead atoms. The van der Waals surface area contributed by atoms with E-state index in [4.69, 9.17) is 4.74 Å². The van der Waals surface area contributed by atoms with Gasteiger partial charge in [-0.15, -0.1) is 0 Å². The van der Waals surface area contributed by atoms with Gasteiger partial charge in [-0.3, -0.25) is 0 Å². The molecule has 1 aromatic carbocycles. The Hall–Kier alpha value is -1.71. The Labute approximate surface area is 140 Å². The van der Waals surface area contributed by atoms with Gasteiger partial charge in [0.25, 0.3) is 0 Å². The number of anilines is 1. The van der Waals surface area contributed by atoms with Crippen LogP contribution in [0, 0.1) is 0 Å². The summed E-state index contributed by atoms with van der Waals surface area (Å²) in [5.74, 6) is 0. The minimum absolute atomic E-state index is 0.373. The Bertz CT molecular complexity index is 500. The first-order valence-electron chi connectivity index (χ1n) is 8.75. The van der Waals surface area contributed by atoms with Gasteiger partial charge in [0.1, 0.15) is 5.60 Å². The molecule has 2 rings (SSSR count). The highest BCUT2D eigenvalue weighted by Gasteiger charge is 2.17. The Morgan fingerprint density at radius 1 is 1.13 bits per heavy atom. The standard InChI is InChI=1S/C19H30N2O2/c1-19(2,3)23-18(22)20-14-15-10-8-9-13-17(15)21-16-11-6-4-5-7-12-16/h8-10,13,16,21H,4-7,11-12,14H2,1-3H3,(H,20,22). The van der Waals surface area contributed by atoms with E-state index in [2.05, 4.69) is 22.8 Å². The zero-order chi connectivity index (χ0) is 16.7. The van der Waals surface area contributed by atoms with Gasteiger partial charge in [0.2, 0.25) is 0 Å². The van der Waals surface area contributed by atoms with Crippen LogP contribution in [0.5, 0.6) is 0 Å². The number of nitrogens with one attached hydrogen (secondary N) is 2. The SMILES string of the molecule is CC(C)(C)OC(=O)NCc1ccccc1NC1CCCCCC1. The maximum Gasteiger partial charge on any atom is 0.407 e. The summed E-state index contributed by atoms with van der Waals surface area (Å²) in [5.41, 5.74) is 1.75. The van der Waals surface area contributed by atoms with Crippen LogP contribution in [0.25, 0.3) is 0 Å². The van der Waals surface area contributed by atoms with Gasteiger partial charge in [0, 0.05) is 18.3 Å². The lowest BCUT2D eigenvalue weighted by Gasteiger charge is -2.22. The molecule has 0 aliphatic heterocycles. The highest BCUT2D eigenvalue weighted by atomic mass is 16.6. The van der Waals surface area contributed by atoms with E-state index in [1.165, 1.54) is 38.5 Å². The predicted molar refractivity (Wildman–Crippen MR) is 94.6 cm³/mol. The van der Waals surface area contributed by atoms with E-state index in [0.29, 0.717) is 12.6 Å². The quantitative estimate of drug-likeness (QED) is 0.781. The zero-order valence-corrected chi connectivity index (χ0v) is 14.7. The molecule has 128 valence electrons. The predicted octanol–water partition coefficient (Wildman–Crippen LogP) is 4.85. The second kappa shape index (κ2) is 8.23. The molecule has 1 fully saturated rings. The summed E-state index contributed by atoms with van der Waals surface area (Å²) >= 11 is 0. The van der Waals surface area contributed by atoms with Gasteiger partial charge in [-0.1, -0.05) is 43.9 Å². The van der Waals surface area contributed by atoms with Gasteiger partial charge < -0.3 is 15.4 Å². The second-order valence-electron chi connectivity index (χ2n) is 7.35. The summed E-state index contributed by atoms with van der Waals surface area (Å²) in [6, 6.07) is 8.73. The van der Waals surface area contributed by atoms with Crippen LogP contribution >= 0.6 is 0 Å². The van der Waals surface area contributed by atoms with Crippen LogP contribution in [0.2, 0.25) is 0 Å². The van der Waals surface area contributed by atoms with Crippen LogP contribution in [-0.2, 0) is 11.3 Å². The molecule has 4 nitrogen and oxygen atoms in total. The van der Waals surface area contributed by atoms with E-state index in [1.54, 1.807) is 0 Å². The van der Waals surface area contributed by atoms with Gasteiger partial charge in [-0.05, 0) is 45.2 Å². The van der Waals surface area contributed by atoms with Crippen molar-refractivity contribution in [2.45, 2.75) is 77.5 Å². The van der Waals surface area contributed by atoms with Crippen molar-refractivity contribution in [3.05, 3.63) is 29.8 Å². The van der Waals surface area contributed by atoms with Gasteiger partial charge in [0.05, 0.1) is 0 Å². The van der Waals surface area contributed by atoms with Crippen molar-refractivity contribution in [1.82, 2.24) is 5.32 Å². The number of alkyl carbamates (subject to hydrolysis) is 1. The average molecular weight is 318 g/mol. The summed E-state index contributed by atoms with van der Waals surface area (Å²) in [4.78, 5) is 11.8. The molecule has 0 spiro atoms. The molecular formula is C19H30N2O2. The third kappa shape index (κ3) is 6.51. The van der Waals surface area contributed by atoms with E-state index in [1.807, 2.05) is 32.9 Å². The number of rotatable bonds is 4. The molecule has 23 heavy (non-hydrogen) atoms. The van der Waals surface area contributed by atoms with Crippen LogP contribution < -0.4 is 10.6 Å². The monoisotopic (exact) mass is 318 g/mol. The molecule has 1 saturated carbocycles. The average Bonchev–Trinajstić information content (AvgIpc) is 2.73. The lowest BCUT2D eigenvalue weighted by atomic mass is 10.1. The van der Waals surface area contributed by atoms with Crippen molar-refractivity contribution in [3.8, 4) is 0 Å². The minimum Gasteiger partial charge on any atom is -0.444 e. The fourth-order valence-electron chi connectivity index (χ4n) is 2.94. The van der Waals surface area contributed by atoms with Crippen molar-refractivity contribution in [2.24, 2.45) is 0 Å². The van der Waals surface area contributed by atoms with Crippen molar-refractivity contribution < 1.29 is 9.53 Å². The highest BCUT2D eigenvalue weighted by molar-refractivity contribution is 5.68. The van der Waals surface area contributed by atoms with Crippen LogP contribution in [-0.4, -0.2) is 17.7 Å². The number of ether oxygens (including phenoxy) is 1. The first-order chi connectivity index (χ1) is 10.9. The molecule has 0 radical (unpaired) electrons. The number of para-hydroxylation sites is 1. The number of amides is 1. The fraction of sp³-hybridized carbons (Fsp3) is 0.632. The smallest absolute Gasteiger partial charge is 0.407 e. The van der Waals surface area contributed by atoms with E-state index >= 15 is 0 Å². The maximum absolute atomic E-state index is 11.8. The lowest BCUT2D eigenvalue weighted by Crippen LogP contribution is -2.32. The number of hydrogen-bond donors (Lipinski definition) is 2. The first kappa shape index (κ1) is 17.6. The molecule has 1 aliphatic rings. The Morgan fingerprint density at radius 2 is 1.78 bits per heavy atom. The molecule has 2 N–H and O–H groups in total. The van der Waals surface area contributed by atoms with E-state index in [0.717, 1.165) is 11.3 Å². The van der Waals surface area contributed by atoms with Crippen LogP contribution in [0.15, 0.2) is 24.3 Å². The van der Waals surface area contributed by atoms with Gasteiger partial charge in [-0.25, -0.2) is 4.79 Å². The summed E-state index contributed by atoms with van der Waals surface area (Å²) in [6.07, 6.45) is 7.38. The molecule has 0 unspecified atom stereocenters. The zero-order valence-electron chi connectivity index (χ0n) is 14.7. The third-order valence-electron chi connectivity index (χ3n) is 4.05. The van der Waals surface area contributed by atoms with E-state index in [-0.39, 0.29) is 6.09 Å². The van der Waals surface area contributed by atoms with Crippen molar-refractivity contribution in [1.29, 1.82) is 0 Å². The van der Waals surface area contributed by atoms with Gasteiger partial charge in [-0.2, -0.15) is 0 Å². The Balaban J connectivity index is 1.93. The molecule has 1 aliphatic carbocycles. The summed E-state index contributed by atoms with van der Waals surface area (Å²) in [5, 5.41) is 6.51. The van der Waals surface area contributed by atoms with Crippen molar-refractivity contribution in [2.75, 3.05) is 5.32 Å². The third-order valence-corrected chi connectivity index (χ3v) is 4.05. The number of hydrogen-bond acceptors (Lipinski definition) is 3. The number of benzene rings is 1. The molecule has 0 saturated heterocycles. The Morgan fingerprint density at radius 3 is 2.43 bits per heavy atom. The molecule has 0 heterocycles. The molecular weight excluding hydrogens is 288 g/mol. The largest absolute Gasteiger partial charge is 0.444 e. The number of carbonyl (C=O) groups excluding carboxylic acids is 1. The molecule has 1 aromatic rings. The molecule has 1 amide bonds. The fourth-order valence-corrected chi connectivity index (χ4v) is 2.94. The molecule has 4 heteroatoms. The Kier molecular flexibility index (Phi) is 6.31. The van der Waals surface area contributed by atoms with Crippen LogP contribution in [0.1, 0.15) is 64.9 Å². The first-order valence-corrected chi connectivity index (χ1v) is 8.75. The van der Waals surface area contributed by atoms with Gasteiger partial charge >= 0.3 is 6.09 Å². The summed E-state index contributed by atoms with van der Waals surface area (Å²) in [7, 11) is 0. The van der Waals surface area contributed by atoms with Crippen LogP contribution in [0.3, 0.4) is 0 Å². The van der Waals surface area contributed by atoms with Crippen molar-refractivity contribution in [3.63, 3.8) is 0 Å². The van der Waals surface area contributed by atoms with Crippen LogP contribution in [0.4, 0.5) is 10.5 Å². The highest BCUT2D eigenvalue weighted by Crippen LogP contribution is 2.23. The summed E-state index contributed by atoms with van der Waals surface area (Å²) < 4.78 is 5.30. The molecule has 0 atom stereocenters.